The lowest BCUT2D eigenvalue weighted by Gasteiger charge is -2.23. The number of fused-ring (bicyclic) bond motifs is 2. The fraction of sp³-hybridized carbons (Fsp3) is 0.444. The summed E-state index contributed by atoms with van der Waals surface area (Å²) in [5.41, 5.74) is 3.27. The van der Waals surface area contributed by atoms with Gasteiger partial charge in [-0.2, -0.15) is 5.10 Å². The van der Waals surface area contributed by atoms with Gasteiger partial charge in [0.1, 0.15) is 0 Å². The minimum Gasteiger partial charge on any atom is -0.367 e. The second kappa shape index (κ2) is 6.03. The van der Waals surface area contributed by atoms with Crippen molar-refractivity contribution in [1.29, 1.82) is 0 Å². The minimum absolute atomic E-state index is 0.119. The molecule has 1 amide bonds. The van der Waals surface area contributed by atoms with Gasteiger partial charge in [-0.15, -0.1) is 0 Å². The summed E-state index contributed by atoms with van der Waals surface area (Å²) >= 11 is 0. The van der Waals surface area contributed by atoms with Gasteiger partial charge in [0.2, 0.25) is 0 Å². The lowest BCUT2D eigenvalue weighted by Crippen LogP contribution is -2.33. The lowest BCUT2D eigenvalue weighted by atomic mass is 10.0. The highest BCUT2D eigenvalue weighted by Crippen LogP contribution is 2.37. The predicted octanol–water partition coefficient (Wildman–Crippen LogP) is 2.59. The zero-order valence-electron chi connectivity index (χ0n) is 13.9. The monoisotopic (exact) mass is 326 g/mol. The summed E-state index contributed by atoms with van der Waals surface area (Å²) in [5.74, 6) is 0.109. The van der Waals surface area contributed by atoms with Crippen molar-refractivity contribution in [1.82, 2.24) is 15.5 Å². The topological polar surface area (TPSA) is 79.0 Å². The Morgan fingerprint density at radius 3 is 2.71 bits per heavy atom. The fourth-order valence-corrected chi connectivity index (χ4v) is 3.38. The van der Waals surface area contributed by atoms with Crippen LogP contribution in [-0.4, -0.2) is 34.8 Å². The molecule has 4 rings (SSSR count). The molecule has 0 saturated carbocycles. The van der Waals surface area contributed by atoms with Crippen molar-refractivity contribution in [3.63, 3.8) is 0 Å². The molecule has 2 saturated heterocycles. The number of carbonyl (C=O) groups is 1. The van der Waals surface area contributed by atoms with Crippen LogP contribution in [0.5, 0.6) is 0 Å². The molecule has 0 unspecified atom stereocenters. The molecular formula is C18H22N4O2. The van der Waals surface area contributed by atoms with Gasteiger partial charge in [0, 0.05) is 24.0 Å². The number of hydrogen-bond donors (Lipinski definition) is 3. The number of amides is 1. The average Bonchev–Trinajstić information content (AvgIpc) is 3.31. The summed E-state index contributed by atoms with van der Waals surface area (Å²) in [4.78, 5) is 12.3. The second-order valence-corrected chi connectivity index (χ2v) is 6.87. The first-order chi connectivity index (χ1) is 11.6. The van der Waals surface area contributed by atoms with E-state index in [0.29, 0.717) is 23.8 Å². The molecule has 0 radical (unpaired) electrons. The number of rotatable bonds is 4. The summed E-state index contributed by atoms with van der Waals surface area (Å²) in [6, 6.07) is 10.1. The largest absolute Gasteiger partial charge is 0.367 e. The molecule has 6 nitrogen and oxygen atoms in total. The van der Waals surface area contributed by atoms with E-state index in [1.807, 2.05) is 24.3 Å². The molecule has 0 spiro atoms. The second-order valence-electron chi connectivity index (χ2n) is 6.87. The molecule has 1 aromatic carbocycles. The van der Waals surface area contributed by atoms with E-state index in [2.05, 4.69) is 34.7 Å². The van der Waals surface area contributed by atoms with E-state index in [1.165, 1.54) is 0 Å². The number of anilines is 1. The first kappa shape index (κ1) is 15.4. The highest BCUT2D eigenvalue weighted by atomic mass is 16.5. The molecule has 2 bridgehead atoms. The fourth-order valence-electron chi connectivity index (χ4n) is 3.38. The smallest absolute Gasteiger partial charge is 0.276 e. The van der Waals surface area contributed by atoms with Gasteiger partial charge < -0.3 is 15.4 Å². The summed E-state index contributed by atoms with van der Waals surface area (Å²) < 4.78 is 6.00. The van der Waals surface area contributed by atoms with Gasteiger partial charge >= 0.3 is 0 Å². The molecular weight excluding hydrogens is 304 g/mol. The van der Waals surface area contributed by atoms with Crippen molar-refractivity contribution in [3.8, 4) is 0 Å². The molecule has 126 valence electrons. The van der Waals surface area contributed by atoms with Crippen LogP contribution in [0.2, 0.25) is 0 Å². The Kier molecular flexibility index (Phi) is 3.86. The third-order valence-corrected chi connectivity index (χ3v) is 4.78. The van der Waals surface area contributed by atoms with Crippen LogP contribution in [0.3, 0.4) is 0 Å². The molecule has 24 heavy (non-hydrogen) atoms. The molecule has 3 N–H and O–H groups in total. The number of aromatic amines is 1. The van der Waals surface area contributed by atoms with Gasteiger partial charge in [-0.25, -0.2) is 0 Å². The Bertz CT molecular complexity index is 738. The van der Waals surface area contributed by atoms with Crippen molar-refractivity contribution in [2.45, 2.75) is 44.4 Å². The molecule has 2 aliphatic rings. The van der Waals surface area contributed by atoms with Gasteiger partial charge in [0.05, 0.1) is 12.2 Å². The maximum atomic E-state index is 12.3. The Balaban J connectivity index is 1.42. The van der Waals surface area contributed by atoms with Crippen molar-refractivity contribution in [3.05, 3.63) is 47.3 Å². The number of H-pyrrole nitrogens is 1. The standard InChI is InChI=1S/C18H22N4O2/c1-10(2)14-8-16(22-21-14)18(23)20-12-5-3-11(4-6-12)17-15-7-13(24-17)9-19-15/h3-6,8,10,13,15,17,19H,7,9H2,1-2H3,(H,20,23)(H,21,22)/t13-,15-,17+/m1/s1. The SMILES string of the molecule is CC(C)c1cc(C(=O)Nc2ccc([C@@H]3O[C@H]4CN[C@@H]3C4)cc2)n[nH]1. The average molecular weight is 326 g/mol. The van der Waals surface area contributed by atoms with Gasteiger partial charge in [-0.05, 0) is 36.1 Å². The van der Waals surface area contributed by atoms with E-state index < -0.39 is 0 Å². The zero-order chi connectivity index (χ0) is 16.7. The molecule has 3 atom stereocenters. The number of ether oxygens (including phenoxy) is 1. The van der Waals surface area contributed by atoms with Crippen molar-refractivity contribution < 1.29 is 9.53 Å². The zero-order valence-corrected chi connectivity index (χ0v) is 13.9. The van der Waals surface area contributed by atoms with Crippen LogP contribution in [-0.2, 0) is 4.74 Å². The number of hydrogen-bond acceptors (Lipinski definition) is 4. The number of carbonyl (C=O) groups excluding carboxylic acids is 1. The Hall–Kier alpha value is -2.18. The Labute approximate surface area is 141 Å². The summed E-state index contributed by atoms with van der Waals surface area (Å²) in [6.45, 7) is 5.07. The normalized spacial score (nSPS) is 25.4. The number of aromatic nitrogens is 2. The summed E-state index contributed by atoms with van der Waals surface area (Å²) in [6.07, 6.45) is 1.54. The Morgan fingerprint density at radius 2 is 2.12 bits per heavy atom. The number of benzene rings is 1. The van der Waals surface area contributed by atoms with Gasteiger partial charge in [-0.1, -0.05) is 26.0 Å². The van der Waals surface area contributed by atoms with E-state index in [0.717, 1.165) is 29.9 Å². The van der Waals surface area contributed by atoms with Crippen molar-refractivity contribution >= 4 is 11.6 Å². The third-order valence-electron chi connectivity index (χ3n) is 4.78. The van der Waals surface area contributed by atoms with Crippen LogP contribution in [0.15, 0.2) is 30.3 Å². The lowest BCUT2D eigenvalue weighted by molar-refractivity contribution is 0.0160. The third kappa shape index (κ3) is 2.83. The highest BCUT2D eigenvalue weighted by molar-refractivity contribution is 6.02. The molecule has 0 aliphatic carbocycles. The molecule has 1 aromatic heterocycles. The maximum Gasteiger partial charge on any atom is 0.276 e. The van der Waals surface area contributed by atoms with Crippen LogP contribution in [0.25, 0.3) is 0 Å². The molecule has 2 aliphatic heterocycles. The van der Waals surface area contributed by atoms with Crippen LogP contribution >= 0.6 is 0 Å². The first-order valence-electron chi connectivity index (χ1n) is 8.45. The molecule has 3 heterocycles. The predicted molar refractivity (Wildman–Crippen MR) is 91.1 cm³/mol. The molecule has 2 aromatic rings. The van der Waals surface area contributed by atoms with Crippen molar-refractivity contribution in [2.24, 2.45) is 0 Å². The minimum atomic E-state index is -0.205. The van der Waals surface area contributed by atoms with Gasteiger partial charge in [0.15, 0.2) is 5.69 Å². The van der Waals surface area contributed by atoms with E-state index in [1.54, 1.807) is 6.07 Å². The van der Waals surface area contributed by atoms with Gasteiger partial charge in [-0.3, -0.25) is 9.89 Å². The van der Waals surface area contributed by atoms with E-state index in [4.69, 9.17) is 4.74 Å². The van der Waals surface area contributed by atoms with Crippen molar-refractivity contribution in [2.75, 3.05) is 11.9 Å². The van der Waals surface area contributed by atoms with Gasteiger partial charge in [0.25, 0.3) is 5.91 Å². The van der Waals surface area contributed by atoms with E-state index in [9.17, 15) is 4.79 Å². The van der Waals surface area contributed by atoms with E-state index in [-0.39, 0.29) is 12.0 Å². The van der Waals surface area contributed by atoms with Crippen LogP contribution < -0.4 is 10.6 Å². The highest BCUT2D eigenvalue weighted by Gasteiger charge is 2.41. The summed E-state index contributed by atoms with van der Waals surface area (Å²) in [7, 11) is 0. The number of nitrogens with one attached hydrogen (secondary N) is 3. The van der Waals surface area contributed by atoms with Crippen LogP contribution in [0.4, 0.5) is 5.69 Å². The quantitative estimate of drug-likeness (QED) is 0.807. The summed E-state index contributed by atoms with van der Waals surface area (Å²) in [5, 5.41) is 13.3. The van der Waals surface area contributed by atoms with Crippen LogP contribution in [0.1, 0.15) is 54.0 Å². The van der Waals surface area contributed by atoms with Crippen LogP contribution in [0, 0.1) is 0 Å². The number of morpholine rings is 1. The number of nitrogens with zero attached hydrogens (tertiary/aromatic N) is 1. The Morgan fingerprint density at radius 1 is 1.33 bits per heavy atom. The van der Waals surface area contributed by atoms with E-state index >= 15 is 0 Å². The molecule has 6 heteroatoms. The maximum absolute atomic E-state index is 12.3. The first-order valence-corrected chi connectivity index (χ1v) is 8.45. The molecule has 2 fully saturated rings.